The van der Waals surface area contributed by atoms with E-state index in [0.717, 1.165) is 22.6 Å². The number of aryl methyl sites for hydroxylation is 1. The minimum absolute atomic E-state index is 0.179. The normalized spacial score (nSPS) is 19.4. The summed E-state index contributed by atoms with van der Waals surface area (Å²) in [4.78, 5) is 50.5. The number of imide groups is 1. The molecule has 0 unspecified atom stereocenters. The Balaban J connectivity index is 1.66. The first-order chi connectivity index (χ1) is 14.1. The molecule has 1 saturated heterocycles. The number of halogens is 1. The molecule has 2 aromatic carbocycles. The van der Waals surface area contributed by atoms with Crippen LogP contribution in [0.2, 0.25) is 0 Å². The Hall–Kier alpha value is -3.55. The van der Waals surface area contributed by atoms with Crippen molar-refractivity contribution in [2.45, 2.75) is 32.4 Å². The summed E-state index contributed by atoms with van der Waals surface area (Å²) in [5.74, 6) is -2.52. The van der Waals surface area contributed by atoms with E-state index in [1.807, 2.05) is 19.1 Å². The number of ketones is 1. The van der Waals surface area contributed by atoms with Crippen molar-refractivity contribution in [3.63, 3.8) is 0 Å². The first kappa shape index (κ1) is 21.2. The Morgan fingerprint density at radius 2 is 1.70 bits per heavy atom. The van der Waals surface area contributed by atoms with Gasteiger partial charge in [-0.3, -0.25) is 19.3 Å². The van der Waals surface area contributed by atoms with E-state index >= 15 is 0 Å². The lowest BCUT2D eigenvalue weighted by Gasteiger charge is -2.22. The van der Waals surface area contributed by atoms with Gasteiger partial charge in [0.2, 0.25) is 5.78 Å². The molecule has 0 spiro atoms. The van der Waals surface area contributed by atoms with E-state index in [1.54, 1.807) is 19.1 Å². The van der Waals surface area contributed by atoms with Gasteiger partial charge in [-0.1, -0.05) is 29.8 Å². The average Bonchev–Trinajstić information content (AvgIpc) is 2.92. The molecule has 0 radical (unpaired) electrons. The van der Waals surface area contributed by atoms with Crippen LogP contribution in [-0.4, -0.2) is 41.2 Å². The van der Waals surface area contributed by atoms with Crippen LogP contribution in [0.25, 0.3) is 0 Å². The molecule has 1 heterocycles. The van der Waals surface area contributed by atoms with Crippen LogP contribution < -0.4 is 5.32 Å². The maximum absolute atomic E-state index is 13.0. The number of Topliss-reactive ketones (excluding diaryl/α,β-unsaturated/α-hetero) is 1. The Labute approximate surface area is 172 Å². The number of hydrogen-bond donors (Lipinski definition) is 1. The number of benzene rings is 2. The van der Waals surface area contributed by atoms with Crippen LogP contribution in [-0.2, 0) is 19.9 Å². The van der Waals surface area contributed by atoms with Gasteiger partial charge in [-0.15, -0.1) is 0 Å². The molecule has 0 aliphatic carbocycles. The second kappa shape index (κ2) is 8.06. The van der Waals surface area contributed by atoms with Crippen LogP contribution in [0.15, 0.2) is 48.5 Å². The summed E-state index contributed by atoms with van der Waals surface area (Å²) in [7, 11) is 0. The van der Waals surface area contributed by atoms with Crippen molar-refractivity contribution >= 4 is 23.7 Å². The third kappa shape index (κ3) is 4.07. The van der Waals surface area contributed by atoms with Crippen LogP contribution in [0.4, 0.5) is 9.18 Å². The Bertz CT molecular complexity index is 1000. The van der Waals surface area contributed by atoms with Gasteiger partial charge < -0.3 is 10.1 Å². The zero-order valence-corrected chi connectivity index (χ0v) is 16.8. The van der Waals surface area contributed by atoms with E-state index in [2.05, 4.69) is 5.32 Å². The highest BCUT2D eigenvalue weighted by Gasteiger charge is 2.49. The number of nitrogens with one attached hydrogen (secondary N) is 1. The summed E-state index contributed by atoms with van der Waals surface area (Å²) in [6, 6.07) is 11.2. The first-order valence-electron chi connectivity index (χ1n) is 9.32. The van der Waals surface area contributed by atoms with E-state index in [4.69, 9.17) is 4.74 Å². The van der Waals surface area contributed by atoms with Gasteiger partial charge >= 0.3 is 12.0 Å². The van der Waals surface area contributed by atoms with Crippen molar-refractivity contribution in [1.29, 1.82) is 0 Å². The molecule has 1 N–H and O–H groups in total. The highest BCUT2D eigenvalue weighted by atomic mass is 19.1. The molecular weight excluding hydrogens is 391 g/mol. The van der Waals surface area contributed by atoms with Crippen LogP contribution in [0.3, 0.4) is 0 Å². The minimum atomic E-state index is -1.30. The van der Waals surface area contributed by atoms with Gasteiger partial charge in [-0.05, 0) is 50.6 Å². The zero-order chi connectivity index (χ0) is 22.1. The van der Waals surface area contributed by atoms with Crippen LogP contribution >= 0.6 is 0 Å². The molecular formula is C22H21FN2O5. The fourth-order valence-corrected chi connectivity index (χ4v) is 3.19. The SMILES string of the molecule is Cc1ccc([C@@]2(C)NC(=O)N(CC(=O)O[C@@H](C)C(=O)c3ccc(F)cc3)C2=O)cc1. The second-order valence-electron chi connectivity index (χ2n) is 7.32. The van der Waals surface area contributed by atoms with Crippen LogP contribution in [0, 0.1) is 12.7 Å². The van der Waals surface area contributed by atoms with E-state index in [-0.39, 0.29) is 5.56 Å². The lowest BCUT2D eigenvalue weighted by Crippen LogP contribution is -2.42. The van der Waals surface area contributed by atoms with Gasteiger partial charge in [0.25, 0.3) is 5.91 Å². The predicted octanol–water partition coefficient (Wildman–Crippen LogP) is 2.72. The molecule has 8 heteroatoms. The van der Waals surface area contributed by atoms with Crippen molar-refractivity contribution in [2.75, 3.05) is 6.54 Å². The Kier molecular flexibility index (Phi) is 5.69. The van der Waals surface area contributed by atoms with Crippen molar-refractivity contribution in [2.24, 2.45) is 0 Å². The van der Waals surface area contributed by atoms with Crippen LogP contribution in [0.1, 0.15) is 35.3 Å². The smallest absolute Gasteiger partial charge is 0.326 e. The maximum Gasteiger partial charge on any atom is 0.326 e. The maximum atomic E-state index is 13.0. The summed E-state index contributed by atoms with van der Waals surface area (Å²) < 4.78 is 18.1. The lowest BCUT2D eigenvalue weighted by atomic mass is 9.91. The number of urea groups is 1. The molecule has 3 rings (SSSR count). The summed E-state index contributed by atoms with van der Waals surface area (Å²) in [6.45, 7) is 4.20. The van der Waals surface area contributed by atoms with Gasteiger partial charge in [0, 0.05) is 5.56 Å². The third-order valence-electron chi connectivity index (χ3n) is 5.00. The molecule has 2 atom stereocenters. The standard InChI is InChI=1S/C22H21FN2O5/c1-13-4-8-16(9-5-13)22(3)20(28)25(21(29)24-22)12-18(26)30-14(2)19(27)15-6-10-17(23)11-7-15/h4-11,14H,12H2,1-3H3,(H,24,29)/t14-,22+/m0/s1. The van der Waals surface area contributed by atoms with Crippen LogP contribution in [0.5, 0.6) is 0 Å². The summed E-state index contributed by atoms with van der Waals surface area (Å²) in [5.41, 5.74) is 0.459. The van der Waals surface area contributed by atoms with Gasteiger partial charge in [-0.25, -0.2) is 9.18 Å². The molecule has 30 heavy (non-hydrogen) atoms. The summed E-state index contributed by atoms with van der Waals surface area (Å²) >= 11 is 0. The first-order valence-corrected chi connectivity index (χ1v) is 9.32. The number of ether oxygens (including phenoxy) is 1. The number of rotatable bonds is 6. The second-order valence-corrected chi connectivity index (χ2v) is 7.32. The molecule has 156 valence electrons. The Morgan fingerprint density at radius 3 is 2.30 bits per heavy atom. The number of carbonyl (C=O) groups is 4. The largest absolute Gasteiger partial charge is 0.453 e. The van der Waals surface area contributed by atoms with Crippen molar-refractivity contribution in [3.8, 4) is 0 Å². The van der Waals surface area contributed by atoms with Crippen molar-refractivity contribution in [3.05, 3.63) is 71.0 Å². The molecule has 0 bridgehead atoms. The van der Waals surface area contributed by atoms with Gasteiger partial charge in [0.15, 0.2) is 6.10 Å². The van der Waals surface area contributed by atoms with E-state index in [0.29, 0.717) is 5.56 Å². The van der Waals surface area contributed by atoms with E-state index < -0.39 is 47.7 Å². The molecule has 1 aliphatic rings. The number of carbonyl (C=O) groups excluding carboxylic acids is 4. The fraction of sp³-hybridized carbons (Fsp3) is 0.273. The highest BCUT2D eigenvalue weighted by molar-refractivity contribution is 6.09. The quantitative estimate of drug-likeness (QED) is 0.447. The molecule has 0 saturated carbocycles. The number of nitrogens with zero attached hydrogens (tertiary/aromatic N) is 1. The van der Waals surface area contributed by atoms with Crippen molar-refractivity contribution < 1.29 is 28.3 Å². The van der Waals surface area contributed by atoms with E-state index in [9.17, 15) is 23.6 Å². The molecule has 1 aliphatic heterocycles. The molecule has 0 aromatic heterocycles. The topological polar surface area (TPSA) is 92.8 Å². The van der Waals surface area contributed by atoms with Gasteiger partial charge in [0.1, 0.15) is 17.9 Å². The lowest BCUT2D eigenvalue weighted by molar-refractivity contribution is -0.149. The number of hydrogen-bond acceptors (Lipinski definition) is 5. The molecule has 3 amide bonds. The monoisotopic (exact) mass is 412 g/mol. The fourth-order valence-electron chi connectivity index (χ4n) is 3.19. The molecule has 2 aromatic rings. The van der Waals surface area contributed by atoms with E-state index in [1.165, 1.54) is 19.1 Å². The zero-order valence-electron chi connectivity index (χ0n) is 16.8. The average molecular weight is 412 g/mol. The number of amides is 3. The number of esters is 1. The summed E-state index contributed by atoms with van der Waals surface area (Å²) in [6.07, 6.45) is -1.16. The third-order valence-corrected chi connectivity index (χ3v) is 5.00. The molecule has 1 fully saturated rings. The Morgan fingerprint density at radius 1 is 1.10 bits per heavy atom. The molecule has 7 nitrogen and oxygen atoms in total. The summed E-state index contributed by atoms with van der Waals surface area (Å²) in [5, 5.41) is 2.61. The predicted molar refractivity (Wildman–Crippen MR) is 105 cm³/mol. The minimum Gasteiger partial charge on any atom is -0.453 e. The van der Waals surface area contributed by atoms with Crippen molar-refractivity contribution in [1.82, 2.24) is 10.2 Å². The van der Waals surface area contributed by atoms with Gasteiger partial charge in [-0.2, -0.15) is 0 Å². The van der Waals surface area contributed by atoms with Gasteiger partial charge in [0.05, 0.1) is 0 Å². The highest BCUT2D eigenvalue weighted by Crippen LogP contribution is 2.29.